The van der Waals surface area contributed by atoms with E-state index in [1.165, 1.54) is 11.1 Å². The molecule has 0 saturated heterocycles. The van der Waals surface area contributed by atoms with Gasteiger partial charge in [0.1, 0.15) is 0 Å². The van der Waals surface area contributed by atoms with E-state index < -0.39 is 10.8 Å². The molecular formula is C26H25NO2S. The standard InChI is InChI=1S/C26H25NO2S/c1-18-12-14-21(15-13-18)30(29)25-17-27(24-11-7-6-10-23(24)25)26(28)16-20(3)22-9-5-4-8-19(22)2/h4-15,17,20H,16H2,1-3H3/t20-,30?/m1/s1. The van der Waals surface area contributed by atoms with Crippen molar-refractivity contribution in [3.8, 4) is 0 Å². The van der Waals surface area contributed by atoms with Gasteiger partial charge >= 0.3 is 0 Å². The van der Waals surface area contributed by atoms with E-state index >= 15 is 0 Å². The second-order valence-electron chi connectivity index (χ2n) is 7.82. The molecule has 0 fully saturated rings. The lowest BCUT2D eigenvalue weighted by atomic mass is 9.93. The number of rotatable bonds is 5. The summed E-state index contributed by atoms with van der Waals surface area (Å²) in [4.78, 5) is 14.6. The van der Waals surface area contributed by atoms with Crippen molar-refractivity contribution in [2.24, 2.45) is 0 Å². The minimum atomic E-state index is -1.35. The Morgan fingerprint density at radius 2 is 1.60 bits per heavy atom. The largest absolute Gasteiger partial charge is 0.286 e. The van der Waals surface area contributed by atoms with Gasteiger partial charge in [0.2, 0.25) is 5.91 Å². The molecule has 4 heteroatoms. The number of hydrogen-bond acceptors (Lipinski definition) is 2. The van der Waals surface area contributed by atoms with Gasteiger partial charge in [-0.3, -0.25) is 9.36 Å². The Morgan fingerprint density at radius 1 is 0.933 bits per heavy atom. The molecule has 0 radical (unpaired) electrons. The molecule has 30 heavy (non-hydrogen) atoms. The van der Waals surface area contributed by atoms with E-state index in [0.717, 1.165) is 21.4 Å². The highest BCUT2D eigenvalue weighted by Crippen LogP contribution is 2.30. The van der Waals surface area contributed by atoms with Crippen molar-refractivity contribution in [1.82, 2.24) is 4.57 Å². The number of fused-ring (bicyclic) bond motifs is 1. The van der Waals surface area contributed by atoms with Gasteiger partial charge in [-0.15, -0.1) is 0 Å². The zero-order chi connectivity index (χ0) is 21.3. The fraction of sp³-hybridized carbons (Fsp3) is 0.192. The highest BCUT2D eigenvalue weighted by atomic mass is 32.2. The molecule has 3 aromatic carbocycles. The van der Waals surface area contributed by atoms with Crippen molar-refractivity contribution in [2.75, 3.05) is 0 Å². The van der Waals surface area contributed by atoms with Gasteiger partial charge in [0.25, 0.3) is 0 Å². The summed E-state index contributed by atoms with van der Waals surface area (Å²) in [5, 5.41) is 0.855. The molecule has 2 atom stereocenters. The molecule has 1 unspecified atom stereocenters. The van der Waals surface area contributed by atoms with Gasteiger partial charge in [0, 0.05) is 22.9 Å². The molecule has 152 valence electrons. The van der Waals surface area contributed by atoms with Crippen molar-refractivity contribution in [3.05, 3.63) is 95.7 Å². The third-order valence-electron chi connectivity index (χ3n) is 5.58. The van der Waals surface area contributed by atoms with Crippen LogP contribution in [0.5, 0.6) is 0 Å². The Kier molecular flexibility index (Phi) is 5.69. The summed E-state index contributed by atoms with van der Waals surface area (Å²) in [7, 11) is -1.35. The zero-order valence-corrected chi connectivity index (χ0v) is 18.3. The van der Waals surface area contributed by atoms with E-state index in [9.17, 15) is 9.00 Å². The molecule has 0 amide bonds. The number of aromatic nitrogens is 1. The Hall–Kier alpha value is -2.98. The molecule has 3 nitrogen and oxygen atoms in total. The highest BCUT2D eigenvalue weighted by molar-refractivity contribution is 7.85. The van der Waals surface area contributed by atoms with Gasteiger partial charge in [-0.2, -0.15) is 0 Å². The number of benzene rings is 3. The van der Waals surface area contributed by atoms with Crippen LogP contribution in [0.25, 0.3) is 10.9 Å². The number of hydrogen-bond donors (Lipinski definition) is 0. The normalized spacial score (nSPS) is 13.3. The minimum Gasteiger partial charge on any atom is -0.286 e. The van der Waals surface area contributed by atoms with E-state index in [1.54, 1.807) is 10.8 Å². The molecule has 0 N–H and O–H groups in total. The number of carbonyl (C=O) groups excluding carboxylic acids is 1. The third kappa shape index (κ3) is 3.88. The first kappa shape index (κ1) is 20.3. The van der Waals surface area contributed by atoms with Gasteiger partial charge in [0.15, 0.2) is 0 Å². The van der Waals surface area contributed by atoms with Crippen LogP contribution in [0.2, 0.25) is 0 Å². The molecule has 0 spiro atoms. The summed E-state index contributed by atoms with van der Waals surface area (Å²) in [6, 6.07) is 23.6. The number of para-hydroxylation sites is 1. The van der Waals surface area contributed by atoms with Crippen LogP contribution in [0, 0.1) is 13.8 Å². The summed E-state index contributed by atoms with van der Waals surface area (Å²) in [5.41, 5.74) is 4.30. The fourth-order valence-electron chi connectivity index (χ4n) is 3.90. The summed E-state index contributed by atoms with van der Waals surface area (Å²) in [5.74, 6) is 0.111. The zero-order valence-electron chi connectivity index (χ0n) is 17.5. The first-order valence-electron chi connectivity index (χ1n) is 10.1. The smallest absolute Gasteiger partial charge is 0.231 e. The third-order valence-corrected chi connectivity index (χ3v) is 7.00. The second-order valence-corrected chi connectivity index (χ2v) is 9.27. The van der Waals surface area contributed by atoms with Gasteiger partial charge < -0.3 is 0 Å². The molecule has 4 aromatic rings. The molecule has 0 saturated carbocycles. The Labute approximate surface area is 179 Å². The predicted octanol–water partition coefficient (Wildman–Crippen LogP) is 6.26. The number of carbonyl (C=O) groups is 1. The van der Waals surface area contributed by atoms with Crippen molar-refractivity contribution in [2.45, 2.75) is 42.9 Å². The van der Waals surface area contributed by atoms with E-state index in [0.29, 0.717) is 11.3 Å². The highest BCUT2D eigenvalue weighted by Gasteiger charge is 2.20. The van der Waals surface area contributed by atoms with Crippen LogP contribution < -0.4 is 0 Å². The molecule has 0 aliphatic rings. The molecule has 1 aromatic heterocycles. The lowest BCUT2D eigenvalue weighted by Gasteiger charge is -2.14. The second kappa shape index (κ2) is 8.41. The van der Waals surface area contributed by atoms with Crippen LogP contribution in [0.4, 0.5) is 0 Å². The van der Waals surface area contributed by atoms with Crippen molar-refractivity contribution < 1.29 is 9.00 Å². The summed E-state index contributed by atoms with van der Waals surface area (Å²) < 4.78 is 15.0. The lowest BCUT2D eigenvalue weighted by Crippen LogP contribution is -2.13. The Morgan fingerprint density at radius 3 is 2.33 bits per heavy atom. The van der Waals surface area contributed by atoms with Crippen LogP contribution >= 0.6 is 0 Å². The molecule has 0 aliphatic carbocycles. The molecule has 0 bridgehead atoms. The van der Waals surface area contributed by atoms with Crippen LogP contribution in [0.3, 0.4) is 0 Å². The summed E-state index contributed by atoms with van der Waals surface area (Å²) in [6.45, 7) is 6.16. The predicted molar refractivity (Wildman–Crippen MR) is 123 cm³/mol. The minimum absolute atomic E-state index is 0.00843. The van der Waals surface area contributed by atoms with Gasteiger partial charge in [-0.05, 0) is 49.1 Å². The lowest BCUT2D eigenvalue weighted by molar-refractivity contribution is 0.0900. The first-order valence-corrected chi connectivity index (χ1v) is 11.3. The molecular weight excluding hydrogens is 390 g/mol. The average molecular weight is 416 g/mol. The van der Waals surface area contributed by atoms with Gasteiger partial charge in [0.05, 0.1) is 21.2 Å². The van der Waals surface area contributed by atoms with Crippen LogP contribution in [-0.2, 0) is 10.8 Å². The van der Waals surface area contributed by atoms with Crippen LogP contribution in [-0.4, -0.2) is 14.7 Å². The topological polar surface area (TPSA) is 39.1 Å². The van der Waals surface area contributed by atoms with E-state index in [-0.39, 0.29) is 11.8 Å². The average Bonchev–Trinajstić information content (AvgIpc) is 3.14. The van der Waals surface area contributed by atoms with Crippen LogP contribution in [0.1, 0.15) is 40.7 Å². The maximum atomic E-state index is 13.3. The summed E-state index contributed by atoms with van der Waals surface area (Å²) >= 11 is 0. The molecule has 1 heterocycles. The maximum Gasteiger partial charge on any atom is 0.231 e. The van der Waals surface area contributed by atoms with Crippen LogP contribution in [0.15, 0.2) is 88.8 Å². The quantitative estimate of drug-likeness (QED) is 0.386. The Bertz CT molecular complexity index is 1240. The summed E-state index contributed by atoms with van der Waals surface area (Å²) in [6.07, 6.45) is 2.15. The van der Waals surface area contributed by atoms with E-state index in [1.807, 2.05) is 67.6 Å². The molecule has 4 rings (SSSR count). The van der Waals surface area contributed by atoms with Crippen molar-refractivity contribution >= 4 is 27.6 Å². The van der Waals surface area contributed by atoms with E-state index in [2.05, 4.69) is 26.0 Å². The van der Waals surface area contributed by atoms with Gasteiger partial charge in [-0.25, -0.2) is 4.21 Å². The SMILES string of the molecule is Cc1ccc(S(=O)c2cn(C(=O)C[C@@H](C)c3ccccc3C)c3ccccc23)cc1. The van der Waals surface area contributed by atoms with Crippen molar-refractivity contribution in [3.63, 3.8) is 0 Å². The maximum absolute atomic E-state index is 13.3. The molecule has 0 aliphatic heterocycles. The first-order chi connectivity index (χ1) is 14.5. The van der Waals surface area contributed by atoms with E-state index in [4.69, 9.17) is 0 Å². The fourth-order valence-corrected chi connectivity index (χ4v) is 5.11. The Balaban J connectivity index is 1.70. The van der Waals surface area contributed by atoms with Gasteiger partial charge in [-0.1, -0.05) is 67.1 Å². The van der Waals surface area contributed by atoms with Crippen molar-refractivity contribution in [1.29, 1.82) is 0 Å². The number of nitrogens with zero attached hydrogens (tertiary/aromatic N) is 1. The monoisotopic (exact) mass is 415 g/mol. The number of aryl methyl sites for hydroxylation is 2.